The van der Waals surface area contributed by atoms with Gasteiger partial charge in [-0.3, -0.25) is 4.90 Å². The molecule has 0 spiro atoms. The van der Waals surface area contributed by atoms with Crippen LogP contribution in [0.15, 0.2) is 42.6 Å². The fourth-order valence-corrected chi connectivity index (χ4v) is 6.82. The number of piperazine rings is 1. The van der Waals surface area contributed by atoms with Gasteiger partial charge in [0.15, 0.2) is 5.82 Å². The number of nitrogens with zero attached hydrogens (tertiary/aromatic N) is 5. The van der Waals surface area contributed by atoms with Crippen molar-refractivity contribution in [2.75, 3.05) is 82.3 Å². The van der Waals surface area contributed by atoms with Crippen LogP contribution in [0.1, 0.15) is 12.8 Å². The maximum absolute atomic E-state index is 15.5. The Balaban J connectivity index is 1.31. The number of aromatic nitrogens is 2. The van der Waals surface area contributed by atoms with Gasteiger partial charge >= 0.3 is 0 Å². The third-order valence-electron chi connectivity index (χ3n) is 7.86. The van der Waals surface area contributed by atoms with Crippen LogP contribution in [0.25, 0.3) is 0 Å². The molecule has 2 saturated heterocycles. The number of rotatable bonds is 8. The van der Waals surface area contributed by atoms with Gasteiger partial charge in [-0.2, -0.15) is 4.98 Å². The summed E-state index contributed by atoms with van der Waals surface area (Å²) in [6.07, 6.45) is 3.48. The van der Waals surface area contributed by atoms with Crippen molar-refractivity contribution in [1.82, 2.24) is 19.8 Å². The van der Waals surface area contributed by atoms with Gasteiger partial charge in [-0.15, -0.1) is 0 Å². The van der Waals surface area contributed by atoms with Crippen molar-refractivity contribution >= 4 is 52.9 Å². The molecule has 3 aromatic rings. The van der Waals surface area contributed by atoms with Crippen molar-refractivity contribution in [3.8, 4) is 5.75 Å². The van der Waals surface area contributed by atoms with Gasteiger partial charge in [-0.1, -0.05) is 23.7 Å². The summed E-state index contributed by atoms with van der Waals surface area (Å²) >= 11 is 6.39. The smallest absolute Gasteiger partial charge is 0.229 e. The Morgan fingerprint density at radius 2 is 1.73 bits per heavy atom. The SMILES string of the molecule is COc1cc(N2CCC(N3CCN(C)CC3)CC2)c(F)cc1Nc1ncc(Cl)c(Nc2ccccc2P(C)(C)=O)n1. The zero-order valence-electron chi connectivity index (χ0n) is 24.0. The molecule has 9 nitrogen and oxygen atoms in total. The first-order valence-corrected chi connectivity index (χ1v) is 16.9. The highest BCUT2D eigenvalue weighted by Gasteiger charge is 2.28. The van der Waals surface area contributed by atoms with Gasteiger partial charge in [0.05, 0.1) is 30.4 Å². The monoisotopic (exact) mass is 601 g/mol. The maximum Gasteiger partial charge on any atom is 0.229 e. The summed E-state index contributed by atoms with van der Waals surface area (Å²) in [5, 5.41) is 7.24. The van der Waals surface area contributed by atoms with E-state index in [9.17, 15) is 4.57 Å². The number of hydrogen-bond donors (Lipinski definition) is 2. The minimum Gasteiger partial charge on any atom is -0.494 e. The quantitative estimate of drug-likeness (QED) is 0.337. The molecule has 0 amide bonds. The van der Waals surface area contributed by atoms with Gasteiger partial charge in [0, 0.05) is 62.7 Å². The second kappa shape index (κ2) is 12.5. The van der Waals surface area contributed by atoms with Gasteiger partial charge in [0.2, 0.25) is 5.95 Å². The first-order chi connectivity index (χ1) is 19.6. The molecular weight excluding hydrogens is 564 g/mol. The molecule has 0 aliphatic carbocycles. The lowest BCUT2D eigenvalue weighted by Crippen LogP contribution is -2.52. The molecule has 0 radical (unpaired) electrons. The number of nitrogens with one attached hydrogen (secondary N) is 2. The van der Waals surface area contributed by atoms with E-state index in [1.807, 2.05) is 24.3 Å². The standard InChI is InChI=1S/C29H38ClFN7O2P/c1-36-13-15-37(16-14-36)20-9-11-38(12-10-20)25-18-26(40-2)24(17-22(25)31)34-29-32-19-21(30)28(35-29)33-23-7-5-6-8-27(23)41(3,4)39/h5-8,17-20H,9-16H2,1-4H3,(H2,32,33,34,35). The van der Waals surface area contributed by atoms with Crippen LogP contribution >= 0.6 is 18.7 Å². The van der Waals surface area contributed by atoms with Gasteiger partial charge in [0.25, 0.3) is 0 Å². The molecule has 2 aliphatic rings. The van der Waals surface area contributed by atoms with Crippen molar-refractivity contribution in [1.29, 1.82) is 0 Å². The number of likely N-dealkylation sites (N-methyl/N-ethyl adjacent to an activating group) is 1. The summed E-state index contributed by atoms with van der Waals surface area (Å²) in [6, 6.07) is 11.0. The average molecular weight is 602 g/mol. The van der Waals surface area contributed by atoms with E-state index in [2.05, 4.69) is 42.3 Å². The molecule has 0 unspecified atom stereocenters. The lowest BCUT2D eigenvalue weighted by atomic mass is 10.0. The third-order valence-corrected chi connectivity index (χ3v) is 9.68. The summed E-state index contributed by atoms with van der Waals surface area (Å²) in [6.45, 7) is 9.40. The molecular formula is C29H38ClFN7O2P. The fraction of sp³-hybridized carbons (Fsp3) is 0.448. The molecule has 41 heavy (non-hydrogen) atoms. The second-order valence-corrected chi connectivity index (χ2v) is 14.7. The van der Waals surface area contributed by atoms with Crippen LogP contribution in [0.2, 0.25) is 5.02 Å². The summed E-state index contributed by atoms with van der Waals surface area (Å²) in [5.74, 6) is 0.696. The molecule has 2 aliphatic heterocycles. The van der Waals surface area contributed by atoms with Crippen LogP contribution in [0.5, 0.6) is 5.75 Å². The van der Waals surface area contributed by atoms with Crippen LogP contribution < -0.4 is 25.6 Å². The third kappa shape index (κ3) is 6.95. The Hall–Kier alpha value is -2.91. The molecule has 0 bridgehead atoms. The van der Waals surface area contributed by atoms with Crippen molar-refractivity contribution in [2.45, 2.75) is 18.9 Å². The minimum atomic E-state index is -2.55. The van der Waals surface area contributed by atoms with E-state index in [1.165, 1.54) is 12.3 Å². The van der Waals surface area contributed by atoms with Gasteiger partial charge < -0.3 is 29.7 Å². The molecule has 1 aromatic heterocycles. The molecule has 2 aromatic carbocycles. The summed E-state index contributed by atoms with van der Waals surface area (Å²) in [7, 11) is 1.17. The van der Waals surface area contributed by atoms with E-state index in [1.54, 1.807) is 26.5 Å². The molecule has 2 N–H and O–H groups in total. The number of ether oxygens (including phenoxy) is 1. The molecule has 12 heteroatoms. The predicted octanol–water partition coefficient (Wildman–Crippen LogP) is 5.23. The lowest BCUT2D eigenvalue weighted by molar-refractivity contribution is 0.0981. The molecule has 220 valence electrons. The summed E-state index contributed by atoms with van der Waals surface area (Å²) in [5.41, 5.74) is 1.59. The summed E-state index contributed by atoms with van der Waals surface area (Å²) < 4.78 is 33.9. The van der Waals surface area contributed by atoms with Crippen molar-refractivity contribution in [3.63, 3.8) is 0 Å². The highest BCUT2D eigenvalue weighted by atomic mass is 35.5. The van der Waals surface area contributed by atoms with E-state index in [0.717, 1.165) is 52.1 Å². The van der Waals surface area contributed by atoms with Crippen LogP contribution in [-0.2, 0) is 4.57 Å². The minimum absolute atomic E-state index is 0.212. The first-order valence-electron chi connectivity index (χ1n) is 13.9. The normalized spacial score (nSPS) is 17.5. The van der Waals surface area contributed by atoms with Crippen LogP contribution in [0.3, 0.4) is 0 Å². The number of benzene rings is 2. The predicted molar refractivity (Wildman–Crippen MR) is 166 cm³/mol. The lowest BCUT2D eigenvalue weighted by Gasteiger charge is -2.42. The van der Waals surface area contributed by atoms with Crippen LogP contribution in [0.4, 0.5) is 33.2 Å². The molecule has 0 atom stereocenters. The topological polar surface area (TPSA) is 85.9 Å². The van der Waals surface area contributed by atoms with Gasteiger partial charge in [-0.25, -0.2) is 9.37 Å². The average Bonchev–Trinajstić information content (AvgIpc) is 2.95. The zero-order valence-corrected chi connectivity index (χ0v) is 25.7. The number of halogens is 2. The Morgan fingerprint density at radius 3 is 2.41 bits per heavy atom. The number of methoxy groups -OCH3 is 1. The van der Waals surface area contributed by atoms with Crippen molar-refractivity contribution in [3.05, 3.63) is 53.4 Å². The van der Waals surface area contributed by atoms with Crippen LogP contribution in [-0.4, -0.2) is 92.6 Å². The molecule has 2 fully saturated rings. The highest BCUT2D eigenvalue weighted by molar-refractivity contribution is 7.70. The highest BCUT2D eigenvalue weighted by Crippen LogP contribution is 2.39. The van der Waals surface area contributed by atoms with E-state index in [-0.39, 0.29) is 11.8 Å². The van der Waals surface area contributed by atoms with Crippen LogP contribution in [0, 0.1) is 5.82 Å². The number of anilines is 5. The number of piperidine rings is 1. The van der Waals surface area contributed by atoms with E-state index in [4.69, 9.17) is 16.3 Å². The molecule has 5 rings (SSSR count). The first kappa shape index (κ1) is 29.6. The van der Waals surface area contributed by atoms with Gasteiger partial charge in [0.1, 0.15) is 23.7 Å². The molecule has 3 heterocycles. The Morgan fingerprint density at radius 1 is 1.02 bits per heavy atom. The Kier molecular flexibility index (Phi) is 9.04. The molecule has 0 saturated carbocycles. The Bertz CT molecular complexity index is 1420. The number of para-hydroxylation sites is 1. The van der Waals surface area contributed by atoms with E-state index >= 15 is 4.39 Å². The fourth-order valence-electron chi connectivity index (χ4n) is 5.52. The summed E-state index contributed by atoms with van der Waals surface area (Å²) in [4.78, 5) is 15.8. The maximum atomic E-state index is 15.5. The Labute approximate surface area is 246 Å². The van der Waals surface area contributed by atoms with Crippen molar-refractivity contribution < 1.29 is 13.7 Å². The van der Waals surface area contributed by atoms with Gasteiger partial charge in [-0.05, 0) is 45.4 Å². The number of hydrogen-bond acceptors (Lipinski definition) is 9. The van der Waals surface area contributed by atoms with E-state index < -0.39 is 7.14 Å². The van der Waals surface area contributed by atoms with Crippen molar-refractivity contribution in [2.24, 2.45) is 0 Å². The van der Waals surface area contributed by atoms with E-state index in [0.29, 0.717) is 45.0 Å². The second-order valence-electron chi connectivity index (χ2n) is 11.1. The zero-order chi connectivity index (χ0) is 29.1. The largest absolute Gasteiger partial charge is 0.494 e.